The molecule has 0 aliphatic carbocycles. The van der Waals surface area contributed by atoms with E-state index in [1.807, 2.05) is 103 Å². The van der Waals surface area contributed by atoms with Crippen LogP contribution in [0.5, 0.6) is 5.75 Å². The average Bonchev–Trinajstić information content (AvgIpc) is 3.36. The second-order valence-electron chi connectivity index (χ2n) is 10.4. The van der Waals surface area contributed by atoms with E-state index in [1.54, 1.807) is 7.11 Å². The molecule has 0 fully saturated rings. The predicted molar refractivity (Wildman–Crippen MR) is 173 cm³/mol. The summed E-state index contributed by atoms with van der Waals surface area (Å²) in [4.78, 5) is 41.6. The van der Waals surface area contributed by atoms with E-state index in [2.05, 4.69) is 14.9 Å². The first kappa shape index (κ1) is 28.5. The van der Waals surface area contributed by atoms with Gasteiger partial charge in [0.25, 0.3) is 0 Å². The molecule has 218 valence electrons. The Morgan fingerprint density at radius 1 is 0.750 bits per heavy atom. The number of aryl methyl sites for hydroxylation is 1. The van der Waals surface area contributed by atoms with Crippen LogP contribution in [-0.2, 0) is 16.2 Å². The number of nitroso groups, excluding NO2 is 1. The van der Waals surface area contributed by atoms with Gasteiger partial charge in [0, 0.05) is 57.5 Å². The Labute approximate surface area is 253 Å². The molecule has 0 unspecified atom stereocenters. The number of ketones is 1. The van der Waals surface area contributed by atoms with E-state index in [-0.39, 0.29) is 12.3 Å². The zero-order valence-corrected chi connectivity index (χ0v) is 24.3. The lowest BCUT2D eigenvalue weighted by Gasteiger charge is -2.09. The number of methoxy groups -OCH3 is 1. The van der Waals surface area contributed by atoms with Crippen molar-refractivity contribution < 1.29 is 19.2 Å². The molecule has 0 amide bonds. The van der Waals surface area contributed by atoms with Gasteiger partial charge in [-0.05, 0) is 71.8 Å². The number of ether oxygens (including phenoxy) is 1. The van der Waals surface area contributed by atoms with Gasteiger partial charge in [-0.2, -0.15) is 4.91 Å². The summed E-state index contributed by atoms with van der Waals surface area (Å²) >= 11 is 0. The van der Waals surface area contributed by atoms with Crippen LogP contribution in [-0.4, -0.2) is 35.7 Å². The third-order valence-corrected chi connectivity index (χ3v) is 7.69. The van der Waals surface area contributed by atoms with Crippen molar-refractivity contribution in [1.82, 2.24) is 4.57 Å². The molecule has 0 atom stereocenters. The van der Waals surface area contributed by atoms with Crippen molar-refractivity contribution in [3.63, 3.8) is 0 Å². The Bertz CT molecular complexity index is 2070. The van der Waals surface area contributed by atoms with Gasteiger partial charge < -0.3 is 14.1 Å². The Morgan fingerprint density at radius 3 is 2.11 bits per heavy atom. The number of fused-ring (bicyclic) bond motifs is 4. The number of aromatic nitrogens is 1. The molecule has 0 aliphatic heterocycles. The maximum atomic E-state index is 13.9. The van der Waals surface area contributed by atoms with Crippen LogP contribution >= 0.6 is 0 Å². The summed E-state index contributed by atoms with van der Waals surface area (Å²) in [6.45, 7) is 2.08. The predicted octanol–water partition coefficient (Wildman–Crippen LogP) is 7.66. The lowest BCUT2D eigenvalue weighted by Crippen LogP contribution is -2.06. The normalized spacial score (nSPS) is 11.6. The van der Waals surface area contributed by atoms with Crippen LogP contribution < -0.4 is 4.74 Å². The Morgan fingerprint density at radius 2 is 1.41 bits per heavy atom. The maximum Gasteiger partial charge on any atom is 0.332 e. The number of hydrogen-bond donors (Lipinski definition) is 0. The molecule has 0 aliphatic rings. The van der Waals surface area contributed by atoms with E-state index >= 15 is 0 Å². The van der Waals surface area contributed by atoms with E-state index in [4.69, 9.17) is 9.57 Å². The molecule has 0 N–H and O–H groups in total. The van der Waals surface area contributed by atoms with Crippen LogP contribution in [0.2, 0.25) is 0 Å². The fourth-order valence-corrected chi connectivity index (χ4v) is 5.64. The van der Waals surface area contributed by atoms with E-state index in [0.29, 0.717) is 35.6 Å². The van der Waals surface area contributed by atoms with Gasteiger partial charge in [-0.25, -0.2) is 4.79 Å². The molecule has 0 bridgehead atoms. The van der Waals surface area contributed by atoms with Gasteiger partial charge in [-0.1, -0.05) is 58.9 Å². The number of rotatable bonds is 10. The second kappa shape index (κ2) is 12.3. The molecule has 1 aromatic heterocycles. The van der Waals surface area contributed by atoms with Crippen molar-refractivity contribution in [3.05, 3.63) is 130 Å². The quantitative estimate of drug-likeness (QED) is 0.0412. The van der Waals surface area contributed by atoms with E-state index in [9.17, 15) is 14.5 Å². The van der Waals surface area contributed by atoms with Gasteiger partial charge >= 0.3 is 5.97 Å². The lowest BCUT2D eigenvalue weighted by atomic mass is 9.96. The Hall–Kier alpha value is -5.63. The molecular formula is C36H29N3O5. The summed E-state index contributed by atoms with van der Waals surface area (Å²) < 4.78 is 7.45. The van der Waals surface area contributed by atoms with Crippen LogP contribution in [0.1, 0.15) is 40.4 Å². The summed E-state index contributed by atoms with van der Waals surface area (Å²) in [5.41, 5.74) is 5.00. The first-order chi connectivity index (χ1) is 21.5. The highest BCUT2D eigenvalue weighted by Crippen LogP contribution is 2.33. The SMILES string of the molecule is COc1ccc(/C(=N/OC(C)=O)c2ccc3c(c2)c2cc(C(=O)c4cccc5ccccc45)ccc2n3CCCN=O)cc1. The minimum atomic E-state index is -0.533. The van der Waals surface area contributed by atoms with E-state index < -0.39 is 5.97 Å². The third-order valence-electron chi connectivity index (χ3n) is 7.69. The van der Waals surface area contributed by atoms with Gasteiger partial charge in [0.2, 0.25) is 0 Å². The number of hydrogen-bond acceptors (Lipinski definition) is 7. The zero-order valence-electron chi connectivity index (χ0n) is 24.3. The molecule has 8 heteroatoms. The first-order valence-corrected chi connectivity index (χ1v) is 14.3. The maximum absolute atomic E-state index is 13.9. The summed E-state index contributed by atoms with van der Waals surface area (Å²) in [5.74, 6) is 0.0858. The summed E-state index contributed by atoms with van der Waals surface area (Å²) in [5, 5.41) is 10.9. The van der Waals surface area contributed by atoms with Crippen LogP contribution in [0.15, 0.2) is 113 Å². The number of nitrogens with zero attached hydrogens (tertiary/aromatic N) is 3. The topological polar surface area (TPSA) is 99.3 Å². The smallest absolute Gasteiger partial charge is 0.332 e. The molecule has 6 aromatic rings. The van der Waals surface area contributed by atoms with E-state index in [1.165, 1.54) is 6.92 Å². The highest BCUT2D eigenvalue weighted by atomic mass is 16.7. The number of benzene rings is 5. The highest BCUT2D eigenvalue weighted by molar-refractivity contribution is 6.20. The molecule has 6 rings (SSSR count). The molecule has 0 saturated carbocycles. The summed E-state index contributed by atoms with van der Waals surface area (Å²) in [6, 6.07) is 32.6. The van der Waals surface area contributed by atoms with Gasteiger partial charge in [0.05, 0.1) is 13.7 Å². The van der Waals surface area contributed by atoms with Crippen molar-refractivity contribution in [1.29, 1.82) is 0 Å². The highest BCUT2D eigenvalue weighted by Gasteiger charge is 2.18. The molecule has 8 nitrogen and oxygen atoms in total. The van der Waals surface area contributed by atoms with Crippen LogP contribution in [0.4, 0.5) is 0 Å². The minimum absolute atomic E-state index is 0.0683. The van der Waals surface area contributed by atoms with Gasteiger partial charge in [0.1, 0.15) is 11.5 Å². The van der Waals surface area contributed by atoms with Crippen LogP contribution in [0.25, 0.3) is 32.6 Å². The first-order valence-electron chi connectivity index (χ1n) is 14.3. The fourth-order valence-electron chi connectivity index (χ4n) is 5.64. The summed E-state index contributed by atoms with van der Waals surface area (Å²) in [7, 11) is 1.59. The monoisotopic (exact) mass is 583 g/mol. The molecule has 5 aromatic carbocycles. The van der Waals surface area contributed by atoms with Crippen molar-refractivity contribution in [2.75, 3.05) is 13.7 Å². The molecule has 0 spiro atoms. The Balaban J connectivity index is 1.52. The van der Waals surface area contributed by atoms with Crippen molar-refractivity contribution in [2.45, 2.75) is 19.9 Å². The van der Waals surface area contributed by atoms with Gasteiger partial charge in [-0.15, -0.1) is 0 Å². The van der Waals surface area contributed by atoms with Crippen molar-refractivity contribution >= 4 is 50.0 Å². The molecule has 44 heavy (non-hydrogen) atoms. The second-order valence-corrected chi connectivity index (χ2v) is 10.4. The Kier molecular flexibility index (Phi) is 7.97. The summed E-state index contributed by atoms with van der Waals surface area (Å²) in [6.07, 6.45) is 0.575. The van der Waals surface area contributed by atoms with Crippen LogP contribution in [0, 0.1) is 4.91 Å². The molecule has 1 heterocycles. The molecule has 0 radical (unpaired) electrons. The van der Waals surface area contributed by atoms with Crippen molar-refractivity contribution in [3.8, 4) is 5.75 Å². The largest absolute Gasteiger partial charge is 0.497 e. The van der Waals surface area contributed by atoms with Crippen molar-refractivity contribution in [2.24, 2.45) is 10.3 Å². The molecule has 0 saturated heterocycles. The minimum Gasteiger partial charge on any atom is -0.497 e. The van der Waals surface area contributed by atoms with Crippen LogP contribution in [0.3, 0.4) is 0 Å². The van der Waals surface area contributed by atoms with Gasteiger partial charge in [0.15, 0.2) is 5.78 Å². The molecular weight excluding hydrogens is 554 g/mol. The lowest BCUT2D eigenvalue weighted by molar-refractivity contribution is -0.140. The standard InChI is InChI=1S/C36H29N3O5/c1-23(40)44-38-35(25-11-15-28(43-2)16-12-25)26-13-17-33-31(21-26)32-22-27(14-18-34(32)39(33)20-6-19-37-42)36(41)30-10-5-8-24-7-3-4-9-29(24)30/h3-5,7-18,21-22H,6,19-20H2,1-2H3/b38-35-. The number of oxime groups is 1. The van der Waals surface area contributed by atoms with Gasteiger partial charge in [-0.3, -0.25) is 4.79 Å². The zero-order chi connectivity index (χ0) is 30.6. The fraction of sp³-hybridized carbons (Fsp3) is 0.139. The third kappa shape index (κ3) is 5.45. The average molecular weight is 584 g/mol. The number of carbonyl (C=O) groups excluding carboxylic acids is 2. The van der Waals surface area contributed by atoms with E-state index in [0.717, 1.165) is 43.7 Å². The number of carbonyl (C=O) groups is 2.